The van der Waals surface area contributed by atoms with Gasteiger partial charge in [0, 0.05) is 75.1 Å². The lowest BCUT2D eigenvalue weighted by Crippen LogP contribution is -2.35. The molecule has 0 aliphatic rings. The molecule has 0 radical (unpaired) electrons. The van der Waals surface area contributed by atoms with Crippen molar-refractivity contribution in [3.05, 3.63) is 0 Å². The first-order valence-corrected chi connectivity index (χ1v) is 14.8. The van der Waals surface area contributed by atoms with Crippen LogP contribution in [0.5, 0.6) is 0 Å². The molecule has 0 aromatic rings. The summed E-state index contributed by atoms with van der Waals surface area (Å²) < 4.78 is 0. The molecule has 0 bridgehead atoms. The molecule has 0 heterocycles. The zero-order valence-corrected chi connectivity index (χ0v) is 20.2. The lowest BCUT2D eigenvalue weighted by molar-refractivity contribution is -0.121. The molecule has 11 heteroatoms. The first kappa shape index (κ1) is 28.2. The smallest absolute Gasteiger partial charge is 0.221 e. The molecule has 0 aromatic heterocycles. The number of hydrogen-bond donors (Lipinski definition) is 4. The Kier molecular flexibility index (Phi) is 22.1. The van der Waals surface area contributed by atoms with Crippen LogP contribution >= 0.6 is 43.2 Å². The molecular formula is C17H37N5O2S4. The van der Waals surface area contributed by atoms with Gasteiger partial charge in [-0.2, -0.15) is 0 Å². The molecule has 0 saturated heterocycles. The first-order valence-electron chi connectivity index (χ1n) is 9.78. The molecule has 0 saturated carbocycles. The highest BCUT2D eigenvalue weighted by molar-refractivity contribution is 8.77. The molecular weight excluding hydrogens is 434 g/mol. The Morgan fingerprint density at radius 2 is 1.18 bits per heavy atom. The Hall–Kier alpha value is 0.220. The second-order valence-electron chi connectivity index (χ2n) is 5.91. The number of nitrogens with one attached hydrogen (secondary N) is 2. The number of nitrogens with two attached hydrogens (primary N) is 2. The van der Waals surface area contributed by atoms with Gasteiger partial charge in [0.25, 0.3) is 0 Å². The highest BCUT2D eigenvalue weighted by Gasteiger charge is 2.10. The summed E-state index contributed by atoms with van der Waals surface area (Å²) >= 11 is 0. The molecule has 166 valence electrons. The largest absolute Gasteiger partial charge is 0.355 e. The maximum absolute atomic E-state index is 12.0. The van der Waals surface area contributed by atoms with E-state index >= 15 is 0 Å². The summed E-state index contributed by atoms with van der Waals surface area (Å²) in [6.45, 7) is 7.11. The molecule has 0 atom stereocenters. The van der Waals surface area contributed by atoms with Crippen molar-refractivity contribution in [1.29, 1.82) is 0 Å². The Morgan fingerprint density at radius 3 is 1.57 bits per heavy atom. The van der Waals surface area contributed by atoms with Crippen LogP contribution in [0.25, 0.3) is 0 Å². The highest BCUT2D eigenvalue weighted by Crippen LogP contribution is 2.19. The topological polar surface area (TPSA) is 113 Å². The average Bonchev–Trinajstić information content (AvgIpc) is 2.69. The van der Waals surface area contributed by atoms with Gasteiger partial charge in [-0.15, -0.1) is 0 Å². The third kappa shape index (κ3) is 19.5. The lowest BCUT2D eigenvalue weighted by atomic mass is 10.3. The highest BCUT2D eigenvalue weighted by atomic mass is 33.1. The van der Waals surface area contributed by atoms with E-state index in [2.05, 4.69) is 22.5 Å². The molecule has 0 fully saturated rings. The van der Waals surface area contributed by atoms with E-state index in [4.69, 9.17) is 11.5 Å². The summed E-state index contributed by atoms with van der Waals surface area (Å²) in [4.78, 5) is 26.1. The van der Waals surface area contributed by atoms with Gasteiger partial charge < -0.3 is 27.0 Å². The fourth-order valence-corrected chi connectivity index (χ4v) is 5.67. The van der Waals surface area contributed by atoms with Gasteiger partial charge in [0.15, 0.2) is 0 Å². The zero-order chi connectivity index (χ0) is 20.9. The van der Waals surface area contributed by atoms with Crippen LogP contribution in [0.2, 0.25) is 0 Å². The number of nitrogens with zero attached hydrogens (tertiary/aromatic N) is 1. The van der Waals surface area contributed by atoms with Gasteiger partial charge in [-0.3, -0.25) is 9.59 Å². The van der Waals surface area contributed by atoms with Crippen molar-refractivity contribution >= 4 is 55.0 Å². The minimum absolute atomic E-state index is 0.0713. The minimum Gasteiger partial charge on any atom is -0.355 e. The van der Waals surface area contributed by atoms with Crippen molar-refractivity contribution in [2.75, 3.05) is 68.8 Å². The van der Waals surface area contributed by atoms with Gasteiger partial charge in [0.1, 0.15) is 0 Å². The van der Waals surface area contributed by atoms with E-state index in [1.54, 1.807) is 43.2 Å². The van der Waals surface area contributed by atoms with Crippen LogP contribution in [0, 0.1) is 0 Å². The standard InChI is InChI=1S/C17H37N5O2S4/c1-2-9-22(10-3-16(23)20-7-14-27-25-12-5-18)11-4-17(24)21-8-15-28-26-13-6-19/h2-15,18-19H2,1H3,(H,20,23)(H,21,24). The normalized spacial score (nSPS) is 11.0. The third-order valence-electron chi connectivity index (χ3n) is 3.43. The monoisotopic (exact) mass is 471 g/mol. The Bertz CT molecular complexity index is 363. The predicted octanol–water partition coefficient (Wildman–Crippen LogP) is 1.39. The van der Waals surface area contributed by atoms with Crippen LogP contribution in [-0.4, -0.2) is 85.5 Å². The molecule has 0 rings (SSSR count). The van der Waals surface area contributed by atoms with E-state index < -0.39 is 0 Å². The van der Waals surface area contributed by atoms with E-state index in [9.17, 15) is 9.59 Å². The van der Waals surface area contributed by atoms with Gasteiger partial charge in [-0.05, 0) is 13.0 Å². The summed E-state index contributed by atoms with van der Waals surface area (Å²) in [5, 5.41) is 5.90. The van der Waals surface area contributed by atoms with Crippen molar-refractivity contribution in [2.24, 2.45) is 11.5 Å². The van der Waals surface area contributed by atoms with Gasteiger partial charge in [-0.1, -0.05) is 50.1 Å². The average molecular weight is 472 g/mol. The summed E-state index contributed by atoms with van der Waals surface area (Å²) in [5.74, 6) is 3.79. The maximum atomic E-state index is 12.0. The zero-order valence-electron chi connectivity index (χ0n) is 17.0. The quantitative estimate of drug-likeness (QED) is 0.154. The van der Waals surface area contributed by atoms with E-state index in [0.717, 1.165) is 36.0 Å². The molecule has 28 heavy (non-hydrogen) atoms. The van der Waals surface area contributed by atoms with Gasteiger partial charge in [0.05, 0.1) is 0 Å². The van der Waals surface area contributed by atoms with Gasteiger partial charge in [0.2, 0.25) is 11.8 Å². The molecule has 0 aliphatic heterocycles. The molecule has 6 N–H and O–H groups in total. The number of hydrogen-bond acceptors (Lipinski definition) is 9. The Labute approximate surface area is 186 Å². The van der Waals surface area contributed by atoms with Crippen LogP contribution in [0.15, 0.2) is 0 Å². The van der Waals surface area contributed by atoms with Crippen LogP contribution in [0.4, 0.5) is 0 Å². The SMILES string of the molecule is CCCN(CCC(=O)NCCSSCCN)CCC(=O)NCCSSCCN. The summed E-state index contributed by atoms with van der Waals surface area (Å²) in [6.07, 6.45) is 1.95. The van der Waals surface area contributed by atoms with Crippen LogP contribution in [0.1, 0.15) is 26.2 Å². The van der Waals surface area contributed by atoms with Crippen LogP contribution in [-0.2, 0) is 9.59 Å². The number of rotatable bonds is 20. The molecule has 0 aromatic carbocycles. The predicted molar refractivity (Wildman–Crippen MR) is 130 cm³/mol. The van der Waals surface area contributed by atoms with Crippen molar-refractivity contribution in [3.63, 3.8) is 0 Å². The first-order chi connectivity index (χ1) is 13.6. The van der Waals surface area contributed by atoms with Crippen molar-refractivity contribution in [2.45, 2.75) is 26.2 Å². The van der Waals surface area contributed by atoms with E-state index in [1.807, 2.05) is 0 Å². The molecule has 0 unspecified atom stereocenters. The van der Waals surface area contributed by atoms with Gasteiger partial charge in [-0.25, -0.2) is 0 Å². The van der Waals surface area contributed by atoms with E-state index in [1.165, 1.54) is 0 Å². The number of carbonyl (C=O) groups is 2. The summed E-state index contributed by atoms with van der Waals surface area (Å²) in [7, 11) is 6.94. The second-order valence-corrected chi connectivity index (χ2v) is 11.3. The maximum Gasteiger partial charge on any atom is 0.221 e. The van der Waals surface area contributed by atoms with Crippen LogP contribution < -0.4 is 22.1 Å². The molecule has 7 nitrogen and oxygen atoms in total. The van der Waals surface area contributed by atoms with E-state index in [-0.39, 0.29) is 11.8 Å². The van der Waals surface area contributed by atoms with Crippen molar-refractivity contribution < 1.29 is 9.59 Å². The molecule has 2 amide bonds. The third-order valence-corrected chi connectivity index (χ3v) is 8.31. The summed E-state index contributed by atoms with van der Waals surface area (Å²) in [6, 6.07) is 0. The van der Waals surface area contributed by atoms with Crippen molar-refractivity contribution in [3.8, 4) is 0 Å². The number of amides is 2. The van der Waals surface area contributed by atoms with Gasteiger partial charge >= 0.3 is 0 Å². The fourth-order valence-electron chi connectivity index (χ4n) is 2.14. The molecule has 0 spiro atoms. The Morgan fingerprint density at radius 1 is 0.750 bits per heavy atom. The molecule has 0 aliphatic carbocycles. The van der Waals surface area contributed by atoms with Crippen molar-refractivity contribution in [1.82, 2.24) is 15.5 Å². The second kappa shape index (κ2) is 21.9. The van der Waals surface area contributed by atoms with Crippen LogP contribution in [0.3, 0.4) is 0 Å². The Balaban J connectivity index is 3.80. The lowest BCUT2D eigenvalue weighted by Gasteiger charge is -2.21. The van der Waals surface area contributed by atoms with E-state index in [0.29, 0.717) is 52.1 Å². The fraction of sp³-hybridized carbons (Fsp3) is 0.882. The number of carbonyl (C=O) groups excluding carboxylic acids is 2. The summed E-state index contributed by atoms with van der Waals surface area (Å²) in [5.41, 5.74) is 10.9. The minimum atomic E-state index is 0.0713.